The SMILES string of the molecule is C=C[C@H](C)[C@@H](C)[C@@H](OC(C)=O)[C@H](C)[C@H](O)[C@H](C)[C@@H](O)[C@@H](C)/C=C/C=C(/C)C(=O)Nc1c(/C=N\N2CCN(CCC)CC2)c(O)c2c3c(c(C)c(O)c2c1O)O[C@@H](C)C3=O. The highest BCUT2D eigenvalue weighted by molar-refractivity contribution is 6.23. The molecule has 0 aliphatic carbocycles. The highest BCUT2D eigenvalue weighted by atomic mass is 16.5. The first-order chi connectivity index (χ1) is 27.8. The topological polar surface area (TPSA) is 202 Å². The van der Waals surface area contributed by atoms with Crippen molar-refractivity contribution in [1.29, 1.82) is 0 Å². The zero-order valence-electron chi connectivity index (χ0n) is 36.2. The molecule has 4 rings (SSSR count). The van der Waals surface area contributed by atoms with Crippen LogP contribution in [0.2, 0.25) is 0 Å². The summed E-state index contributed by atoms with van der Waals surface area (Å²) in [6.07, 6.45) is 5.45. The smallest absolute Gasteiger partial charge is 0.302 e. The molecule has 0 spiro atoms. The molecule has 0 unspecified atom stereocenters. The monoisotopic (exact) mass is 820 g/mol. The molecular formula is C45H64N4O10. The van der Waals surface area contributed by atoms with Gasteiger partial charge >= 0.3 is 5.97 Å². The Morgan fingerprint density at radius 1 is 0.949 bits per heavy atom. The summed E-state index contributed by atoms with van der Waals surface area (Å²) in [6.45, 7) is 24.9. The van der Waals surface area contributed by atoms with Gasteiger partial charge in [0.05, 0.1) is 40.6 Å². The van der Waals surface area contributed by atoms with Crippen LogP contribution in [0.15, 0.2) is 41.6 Å². The van der Waals surface area contributed by atoms with Crippen LogP contribution in [-0.4, -0.2) is 116 Å². The number of hydrogen-bond acceptors (Lipinski definition) is 13. The number of esters is 1. The van der Waals surface area contributed by atoms with Crippen LogP contribution in [0.1, 0.15) is 90.2 Å². The van der Waals surface area contributed by atoms with Crippen LogP contribution in [0, 0.1) is 36.5 Å². The summed E-state index contributed by atoms with van der Waals surface area (Å²) in [7, 11) is 0. The molecular weight excluding hydrogens is 757 g/mol. The van der Waals surface area contributed by atoms with E-state index in [4.69, 9.17) is 9.47 Å². The summed E-state index contributed by atoms with van der Waals surface area (Å²) in [4.78, 5) is 41.3. The number of ketones is 1. The number of hydrogen-bond donors (Lipinski definition) is 6. The number of carbonyl (C=O) groups is 3. The summed E-state index contributed by atoms with van der Waals surface area (Å²) in [5, 5.41) is 66.3. The molecule has 14 heteroatoms. The van der Waals surface area contributed by atoms with Gasteiger partial charge in [-0.3, -0.25) is 24.3 Å². The van der Waals surface area contributed by atoms with Gasteiger partial charge in [-0.2, -0.15) is 5.10 Å². The number of amides is 1. The lowest BCUT2D eigenvalue weighted by atomic mass is 9.77. The minimum atomic E-state index is -1.01. The zero-order valence-corrected chi connectivity index (χ0v) is 36.2. The zero-order chi connectivity index (χ0) is 44.0. The molecule has 0 bridgehead atoms. The maximum Gasteiger partial charge on any atom is 0.302 e. The number of nitrogens with one attached hydrogen (secondary N) is 1. The number of aliphatic hydroxyl groups excluding tert-OH is 2. The van der Waals surface area contributed by atoms with Gasteiger partial charge in [0.1, 0.15) is 23.4 Å². The number of ether oxygens (including phenoxy) is 2. The van der Waals surface area contributed by atoms with E-state index in [2.05, 4.69) is 28.8 Å². The third-order valence-electron chi connectivity index (χ3n) is 12.1. The second kappa shape index (κ2) is 19.9. The Labute approximate surface area is 347 Å². The fourth-order valence-electron chi connectivity index (χ4n) is 7.94. The summed E-state index contributed by atoms with van der Waals surface area (Å²) in [6, 6.07) is 0. The lowest BCUT2D eigenvalue weighted by molar-refractivity contribution is -0.158. The van der Waals surface area contributed by atoms with E-state index in [-0.39, 0.29) is 56.3 Å². The third kappa shape index (κ3) is 10.1. The Morgan fingerprint density at radius 3 is 2.19 bits per heavy atom. The molecule has 1 amide bonds. The molecule has 1 saturated heterocycles. The molecule has 6 N–H and O–H groups in total. The molecule has 0 aromatic heterocycles. The number of anilines is 1. The van der Waals surface area contributed by atoms with Gasteiger partial charge in [0.15, 0.2) is 11.9 Å². The maximum atomic E-state index is 13.7. The minimum Gasteiger partial charge on any atom is -0.507 e. The van der Waals surface area contributed by atoms with Crippen molar-refractivity contribution in [2.24, 2.45) is 34.7 Å². The summed E-state index contributed by atoms with van der Waals surface area (Å²) in [5.74, 6) is -4.59. The summed E-state index contributed by atoms with van der Waals surface area (Å²) in [5.41, 5.74) is 0.122. The largest absolute Gasteiger partial charge is 0.507 e. The van der Waals surface area contributed by atoms with Crippen LogP contribution in [0.5, 0.6) is 23.0 Å². The van der Waals surface area contributed by atoms with Crippen LogP contribution in [0.3, 0.4) is 0 Å². The van der Waals surface area contributed by atoms with Crippen LogP contribution in [0.25, 0.3) is 10.8 Å². The fraction of sp³-hybridized carbons (Fsp3) is 0.556. The number of benzene rings is 2. The molecule has 59 heavy (non-hydrogen) atoms. The van der Waals surface area contributed by atoms with Gasteiger partial charge in [-0.1, -0.05) is 65.8 Å². The van der Waals surface area contributed by atoms with Crippen LogP contribution < -0.4 is 10.1 Å². The van der Waals surface area contributed by atoms with Crippen molar-refractivity contribution in [3.05, 3.63) is 53.1 Å². The first-order valence-electron chi connectivity index (χ1n) is 20.6. The van der Waals surface area contributed by atoms with Crippen molar-refractivity contribution in [1.82, 2.24) is 9.91 Å². The van der Waals surface area contributed by atoms with Gasteiger partial charge in [-0.15, -0.1) is 6.58 Å². The van der Waals surface area contributed by atoms with E-state index in [0.717, 1.165) is 26.1 Å². The lowest BCUT2D eigenvalue weighted by Crippen LogP contribution is -2.45. The Morgan fingerprint density at radius 2 is 1.59 bits per heavy atom. The number of rotatable bonds is 17. The Kier molecular flexibility index (Phi) is 15.8. The van der Waals surface area contributed by atoms with Crippen molar-refractivity contribution in [2.75, 3.05) is 38.0 Å². The highest BCUT2D eigenvalue weighted by Crippen LogP contribution is 2.53. The van der Waals surface area contributed by atoms with Gasteiger partial charge in [0.25, 0.3) is 5.91 Å². The lowest BCUT2D eigenvalue weighted by Gasteiger charge is -2.37. The number of piperazine rings is 1. The van der Waals surface area contributed by atoms with E-state index >= 15 is 0 Å². The normalized spacial score (nSPS) is 20.5. The Hall–Kier alpha value is -4.92. The van der Waals surface area contributed by atoms with Crippen molar-refractivity contribution in [2.45, 2.75) is 100 Å². The number of nitrogens with zero attached hydrogens (tertiary/aromatic N) is 3. The average molecular weight is 821 g/mol. The van der Waals surface area contributed by atoms with Gasteiger partial charge in [0.2, 0.25) is 5.78 Å². The third-order valence-corrected chi connectivity index (χ3v) is 12.1. The van der Waals surface area contributed by atoms with Crippen molar-refractivity contribution < 1.29 is 49.4 Å². The second-order valence-electron chi connectivity index (χ2n) is 16.4. The number of phenolic OH excluding ortho intramolecular Hbond substituents is 3. The van der Waals surface area contributed by atoms with Crippen LogP contribution in [0.4, 0.5) is 5.69 Å². The molecule has 2 aliphatic rings. The van der Waals surface area contributed by atoms with E-state index in [1.54, 1.807) is 52.8 Å². The maximum absolute atomic E-state index is 13.7. The molecule has 0 saturated carbocycles. The minimum absolute atomic E-state index is 0.0113. The Balaban J connectivity index is 1.62. The first-order valence-corrected chi connectivity index (χ1v) is 20.6. The molecule has 2 aromatic carbocycles. The average Bonchev–Trinajstić information content (AvgIpc) is 3.51. The standard InChI is InChI=1S/C45H64N4O10/c1-12-17-48-18-20-49(21-19-48)46-22-32-36(42(56)34-33(41(32)55)35-40(54)30(10)58-44(35)29(9)39(34)53)47-45(57)25(5)16-14-15-24(4)37(51)27(7)38(52)28(8)43(59-31(11)50)26(6)23(3)13-2/h13-16,22-24,26-28,30,37-38,43,51-53,55-56H,2,12,17-21H2,1,3-11H3,(H,47,57)/b15-14+,25-16-,46-22-/t23-,24-,26+,27+,28+,30-,37-,38+,43+/m0/s1. The molecule has 324 valence electrons. The fourth-order valence-corrected chi connectivity index (χ4v) is 7.94. The summed E-state index contributed by atoms with van der Waals surface area (Å²) < 4.78 is 11.4. The number of Topliss-reactive ketones (excluding diaryl/α,β-unsaturated/α-hetero) is 1. The number of aromatic hydroxyl groups is 3. The van der Waals surface area contributed by atoms with Crippen LogP contribution >= 0.6 is 0 Å². The molecule has 14 nitrogen and oxygen atoms in total. The van der Waals surface area contributed by atoms with E-state index in [1.165, 1.54) is 26.1 Å². The molecule has 1 fully saturated rings. The summed E-state index contributed by atoms with van der Waals surface area (Å²) >= 11 is 0. The van der Waals surface area contributed by atoms with Crippen molar-refractivity contribution in [3.63, 3.8) is 0 Å². The number of fused-ring (bicyclic) bond motifs is 3. The number of phenols is 3. The highest BCUT2D eigenvalue weighted by Gasteiger charge is 2.39. The quantitative estimate of drug-likeness (QED) is 0.0206. The number of carbonyl (C=O) groups excluding carboxylic acids is 3. The Bertz CT molecular complexity index is 1980. The van der Waals surface area contributed by atoms with Gasteiger partial charge < -0.3 is 40.3 Å². The van der Waals surface area contributed by atoms with Gasteiger partial charge in [-0.25, -0.2) is 0 Å². The number of aliphatic hydroxyl groups is 2. The molecule has 2 aliphatic heterocycles. The first kappa shape index (κ1) is 46.8. The predicted molar refractivity (Wildman–Crippen MR) is 229 cm³/mol. The van der Waals surface area contributed by atoms with Gasteiger partial charge in [0, 0.05) is 67.4 Å². The second-order valence-corrected chi connectivity index (χ2v) is 16.4. The van der Waals surface area contributed by atoms with Crippen molar-refractivity contribution >= 4 is 40.3 Å². The van der Waals surface area contributed by atoms with E-state index < -0.39 is 77.1 Å². The van der Waals surface area contributed by atoms with Crippen molar-refractivity contribution in [3.8, 4) is 23.0 Å². The van der Waals surface area contributed by atoms with E-state index in [9.17, 15) is 39.9 Å². The molecule has 2 aromatic rings. The predicted octanol–water partition coefficient (Wildman–Crippen LogP) is 6.05. The van der Waals surface area contributed by atoms with E-state index in [0.29, 0.717) is 13.1 Å². The molecule has 9 atom stereocenters. The van der Waals surface area contributed by atoms with Gasteiger partial charge in [-0.05, 0) is 45.6 Å². The van der Waals surface area contributed by atoms with Crippen LogP contribution in [-0.2, 0) is 14.3 Å². The molecule has 2 heterocycles. The number of allylic oxidation sites excluding steroid dienone is 3. The van der Waals surface area contributed by atoms with E-state index in [1.807, 2.05) is 18.9 Å². The molecule has 0 radical (unpaired) electrons. The number of hydrazone groups is 1.